The number of hydrazone groups is 1. The molecule has 170 valence electrons. The zero-order chi connectivity index (χ0) is 23.8. The number of nitrogens with zero attached hydrogens (tertiary/aromatic N) is 2. The highest BCUT2D eigenvalue weighted by Crippen LogP contribution is 2.41. The number of aromatic nitrogens is 1. The standard InChI is InChI=1S/C25H18BrN3O3S2/c1-13-9-18(14(2)33-13)22-23(19-11-15-5-3-4-6-21(15)32-24(19)31)34-25(28-22)29-27-12-16-10-17(26)7-8-20(16)30/h3-12,30H,1-2H3,(H,28,29)/b27-12+. The largest absolute Gasteiger partial charge is 0.507 e. The van der Waals surface area contributed by atoms with E-state index in [1.807, 2.05) is 38.1 Å². The van der Waals surface area contributed by atoms with E-state index < -0.39 is 5.63 Å². The van der Waals surface area contributed by atoms with Crippen LogP contribution in [-0.2, 0) is 0 Å². The van der Waals surface area contributed by atoms with Gasteiger partial charge in [0, 0.05) is 30.7 Å². The number of para-hydroxylation sites is 1. The number of rotatable bonds is 5. The van der Waals surface area contributed by atoms with Gasteiger partial charge in [0.1, 0.15) is 11.3 Å². The molecule has 34 heavy (non-hydrogen) atoms. The second kappa shape index (κ2) is 9.17. The van der Waals surface area contributed by atoms with E-state index in [2.05, 4.69) is 32.5 Å². The number of hydrogen-bond donors (Lipinski definition) is 2. The molecule has 0 amide bonds. The average molecular weight is 552 g/mol. The molecule has 0 fully saturated rings. The quantitative estimate of drug-likeness (QED) is 0.137. The maximum atomic E-state index is 12.9. The second-order valence-electron chi connectivity index (χ2n) is 7.58. The van der Waals surface area contributed by atoms with Gasteiger partial charge in [0.15, 0.2) is 0 Å². The molecule has 0 radical (unpaired) electrons. The Bertz CT molecular complexity index is 1620. The number of halogens is 1. The number of phenols is 1. The molecule has 0 spiro atoms. The third kappa shape index (κ3) is 4.42. The van der Waals surface area contributed by atoms with Gasteiger partial charge in [-0.05, 0) is 50.2 Å². The third-order valence-electron chi connectivity index (χ3n) is 5.16. The van der Waals surface area contributed by atoms with Crippen LogP contribution in [-0.4, -0.2) is 16.3 Å². The van der Waals surface area contributed by atoms with Crippen LogP contribution in [0.15, 0.2) is 73.4 Å². The molecule has 0 saturated heterocycles. The fourth-order valence-corrected chi connectivity index (χ4v) is 5.84. The van der Waals surface area contributed by atoms with Gasteiger partial charge < -0.3 is 9.52 Å². The molecule has 0 bridgehead atoms. The lowest BCUT2D eigenvalue weighted by Crippen LogP contribution is -2.02. The molecular formula is C25H18BrN3O3S2. The van der Waals surface area contributed by atoms with Crippen molar-refractivity contribution in [3.8, 4) is 27.4 Å². The fourth-order valence-electron chi connectivity index (χ4n) is 3.61. The van der Waals surface area contributed by atoms with Crippen molar-refractivity contribution < 1.29 is 9.52 Å². The first-order valence-corrected chi connectivity index (χ1v) is 12.7. The van der Waals surface area contributed by atoms with Crippen LogP contribution in [0.3, 0.4) is 0 Å². The average Bonchev–Trinajstić information content (AvgIpc) is 3.37. The predicted molar refractivity (Wildman–Crippen MR) is 143 cm³/mol. The highest BCUT2D eigenvalue weighted by Gasteiger charge is 2.21. The number of fused-ring (bicyclic) bond motifs is 1. The molecule has 9 heteroatoms. The maximum absolute atomic E-state index is 12.9. The Labute approximate surface area is 211 Å². The summed E-state index contributed by atoms with van der Waals surface area (Å²) in [5.74, 6) is 0.118. The molecule has 0 saturated carbocycles. The van der Waals surface area contributed by atoms with Crippen molar-refractivity contribution in [2.75, 3.05) is 5.43 Å². The molecule has 2 aromatic carbocycles. The van der Waals surface area contributed by atoms with E-state index >= 15 is 0 Å². The number of phenolic OH excluding ortho intramolecular Hbond substituents is 1. The Kier molecular flexibility index (Phi) is 6.07. The van der Waals surface area contributed by atoms with Gasteiger partial charge in [-0.2, -0.15) is 5.10 Å². The summed E-state index contributed by atoms with van der Waals surface area (Å²) < 4.78 is 6.42. The van der Waals surface area contributed by atoms with Gasteiger partial charge in [-0.3, -0.25) is 5.43 Å². The molecule has 5 rings (SSSR count). The topological polar surface area (TPSA) is 87.7 Å². The van der Waals surface area contributed by atoms with E-state index in [0.717, 1.165) is 25.2 Å². The number of aryl methyl sites for hydroxylation is 2. The van der Waals surface area contributed by atoms with Crippen molar-refractivity contribution in [2.45, 2.75) is 13.8 Å². The summed E-state index contributed by atoms with van der Waals surface area (Å²) in [7, 11) is 0. The van der Waals surface area contributed by atoms with Crippen LogP contribution in [0.5, 0.6) is 5.75 Å². The SMILES string of the molecule is Cc1cc(-c2nc(N/N=C/c3cc(Br)ccc3O)sc2-c2cc3ccccc3oc2=O)c(C)s1. The maximum Gasteiger partial charge on any atom is 0.345 e. The van der Waals surface area contributed by atoms with Gasteiger partial charge >= 0.3 is 5.63 Å². The molecule has 5 aromatic rings. The first-order valence-electron chi connectivity index (χ1n) is 10.3. The Morgan fingerprint density at radius 1 is 1.09 bits per heavy atom. The van der Waals surface area contributed by atoms with E-state index in [1.165, 1.54) is 17.6 Å². The zero-order valence-corrected chi connectivity index (χ0v) is 21.3. The van der Waals surface area contributed by atoms with E-state index in [0.29, 0.717) is 32.4 Å². The van der Waals surface area contributed by atoms with Crippen LogP contribution in [0.2, 0.25) is 0 Å². The van der Waals surface area contributed by atoms with Crippen LogP contribution >= 0.6 is 38.6 Å². The second-order valence-corrected chi connectivity index (χ2v) is 11.0. The lowest BCUT2D eigenvalue weighted by molar-refractivity contribution is 0.474. The van der Waals surface area contributed by atoms with Crippen LogP contribution in [0, 0.1) is 13.8 Å². The zero-order valence-electron chi connectivity index (χ0n) is 18.1. The number of thiophene rings is 1. The van der Waals surface area contributed by atoms with Crippen LogP contribution in [0.4, 0.5) is 5.13 Å². The Hall–Kier alpha value is -3.27. The minimum absolute atomic E-state index is 0.118. The minimum atomic E-state index is -0.415. The minimum Gasteiger partial charge on any atom is -0.507 e. The molecule has 0 aliphatic rings. The van der Waals surface area contributed by atoms with Crippen LogP contribution in [0.25, 0.3) is 32.7 Å². The lowest BCUT2D eigenvalue weighted by atomic mass is 10.1. The summed E-state index contributed by atoms with van der Waals surface area (Å²) in [5, 5.41) is 15.6. The van der Waals surface area contributed by atoms with Gasteiger partial charge in [0.05, 0.1) is 22.3 Å². The number of aromatic hydroxyl groups is 1. The number of thiazole rings is 1. The van der Waals surface area contributed by atoms with Crippen molar-refractivity contribution in [2.24, 2.45) is 5.10 Å². The van der Waals surface area contributed by atoms with E-state index in [-0.39, 0.29) is 5.75 Å². The monoisotopic (exact) mass is 551 g/mol. The molecule has 6 nitrogen and oxygen atoms in total. The Morgan fingerprint density at radius 2 is 1.91 bits per heavy atom. The number of benzene rings is 2. The normalized spacial score (nSPS) is 11.5. The first-order chi connectivity index (χ1) is 16.4. The number of hydrogen-bond acceptors (Lipinski definition) is 8. The van der Waals surface area contributed by atoms with Gasteiger partial charge in [-0.1, -0.05) is 45.5 Å². The molecule has 0 aliphatic carbocycles. The number of nitrogens with one attached hydrogen (secondary N) is 1. The molecule has 0 unspecified atom stereocenters. The van der Waals surface area contributed by atoms with Gasteiger partial charge in [-0.25, -0.2) is 9.78 Å². The van der Waals surface area contributed by atoms with E-state index in [1.54, 1.807) is 35.6 Å². The van der Waals surface area contributed by atoms with Crippen LogP contribution < -0.4 is 11.1 Å². The number of anilines is 1. The third-order valence-corrected chi connectivity index (χ3v) is 7.62. The van der Waals surface area contributed by atoms with Crippen molar-refractivity contribution in [3.63, 3.8) is 0 Å². The van der Waals surface area contributed by atoms with Gasteiger partial charge in [0.2, 0.25) is 5.13 Å². The fraction of sp³-hybridized carbons (Fsp3) is 0.0800. The predicted octanol–water partition coefficient (Wildman–Crippen LogP) is 7.18. The highest BCUT2D eigenvalue weighted by molar-refractivity contribution is 9.10. The summed E-state index contributed by atoms with van der Waals surface area (Å²) in [6, 6.07) is 16.5. The molecule has 3 aromatic heterocycles. The van der Waals surface area contributed by atoms with Gasteiger partial charge in [-0.15, -0.1) is 11.3 Å². The lowest BCUT2D eigenvalue weighted by Gasteiger charge is -2.03. The Morgan fingerprint density at radius 3 is 2.71 bits per heavy atom. The summed E-state index contributed by atoms with van der Waals surface area (Å²) in [4.78, 5) is 20.7. The summed E-state index contributed by atoms with van der Waals surface area (Å²) in [5.41, 5.74) is 5.76. The summed E-state index contributed by atoms with van der Waals surface area (Å²) in [6.07, 6.45) is 1.52. The summed E-state index contributed by atoms with van der Waals surface area (Å²) in [6.45, 7) is 4.09. The van der Waals surface area contributed by atoms with E-state index in [4.69, 9.17) is 9.40 Å². The highest BCUT2D eigenvalue weighted by atomic mass is 79.9. The van der Waals surface area contributed by atoms with Crippen molar-refractivity contribution >= 4 is 60.9 Å². The van der Waals surface area contributed by atoms with Gasteiger partial charge in [0.25, 0.3) is 0 Å². The molecule has 0 atom stereocenters. The smallest absolute Gasteiger partial charge is 0.345 e. The van der Waals surface area contributed by atoms with E-state index in [9.17, 15) is 9.90 Å². The Balaban J connectivity index is 1.59. The van der Waals surface area contributed by atoms with Crippen molar-refractivity contribution in [1.82, 2.24) is 4.98 Å². The summed E-state index contributed by atoms with van der Waals surface area (Å²) >= 11 is 6.40. The molecule has 0 aliphatic heterocycles. The molecule has 2 N–H and O–H groups in total. The van der Waals surface area contributed by atoms with Crippen LogP contribution in [0.1, 0.15) is 15.3 Å². The first kappa shape index (κ1) is 22.5. The molecule has 3 heterocycles. The van der Waals surface area contributed by atoms with Crippen molar-refractivity contribution in [1.29, 1.82) is 0 Å². The van der Waals surface area contributed by atoms with Crippen molar-refractivity contribution in [3.05, 3.63) is 84.8 Å². The molecular weight excluding hydrogens is 534 g/mol.